The number of alkyl halides is 3. The second kappa shape index (κ2) is 6.97. The lowest BCUT2D eigenvalue weighted by Gasteiger charge is -2.18. The van der Waals surface area contributed by atoms with E-state index in [2.05, 4.69) is 15.3 Å². The lowest BCUT2D eigenvalue weighted by atomic mass is 10.1. The Morgan fingerprint density at radius 2 is 2.14 bits per heavy atom. The molecule has 0 radical (unpaired) electrons. The summed E-state index contributed by atoms with van der Waals surface area (Å²) in [5, 5.41) is 5.43. The number of carbonyl (C=O) groups excluding carboxylic acids is 1. The lowest BCUT2D eigenvalue weighted by molar-refractivity contribution is -0.192. The number of fused-ring (bicyclic) bond motifs is 1. The van der Waals surface area contributed by atoms with Crippen LogP contribution in [0.2, 0.25) is 5.02 Å². The first kappa shape index (κ1) is 19.1. The molecule has 1 fully saturated rings. The van der Waals surface area contributed by atoms with E-state index in [1.807, 2.05) is 5.38 Å². The molecule has 0 atom stereocenters. The molecule has 3 aromatic rings. The summed E-state index contributed by atoms with van der Waals surface area (Å²) >= 11 is 7.71. The van der Waals surface area contributed by atoms with E-state index in [0.717, 1.165) is 11.1 Å². The molecule has 0 aliphatic heterocycles. The molecule has 0 saturated heterocycles. The first-order valence-corrected chi connectivity index (χ1v) is 9.77. The fourth-order valence-electron chi connectivity index (χ4n) is 2.97. The van der Waals surface area contributed by atoms with Crippen molar-refractivity contribution in [1.82, 2.24) is 15.3 Å². The number of ether oxygens (including phenoxy) is 1. The number of hydrogen-bond donors (Lipinski definition) is 2. The predicted molar refractivity (Wildman–Crippen MR) is 99.3 cm³/mol. The Morgan fingerprint density at radius 3 is 2.79 bits per heavy atom. The minimum absolute atomic E-state index is 0.0298. The molecule has 5 nitrogen and oxygen atoms in total. The summed E-state index contributed by atoms with van der Waals surface area (Å²) in [5.74, 6) is -0.516. The van der Waals surface area contributed by atoms with Gasteiger partial charge in [0.2, 0.25) is 5.91 Å². The summed E-state index contributed by atoms with van der Waals surface area (Å²) in [6.07, 6.45) is -4.84. The number of thiazole rings is 1. The molecule has 0 spiro atoms. The smallest absolute Gasteiger partial charge is 0.403 e. The van der Waals surface area contributed by atoms with Crippen LogP contribution in [0.5, 0.6) is 5.75 Å². The highest BCUT2D eigenvalue weighted by Crippen LogP contribution is 2.57. The van der Waals surface area contributed by atoms with Gasteiger partial charge in [-0.25, -0.2) is 4.98 Å². The van der Waals surface area contributed by atoms with Crippen molar-refractivity contribution >= 4 is 39.7 Å². The van der Waals surface area contributed by atoms with Crippen LogP contribution in [0.3, 0.4) is 0 Å². The van der Waals surface area contributed by atoms with Crippen molar-refractivity contribution in [3.63, 3.8) is 0 Å². The topological polar surface area (TPSA) is 67.0 Å². The number of halogens is 4. The summed E-state index contributed by atoms with van der Waals surface area (Å²) in [5.41, 5.74) is 1.56. The van der Waals surface area contributed by atoms with Gasteiger partial charge in [0.05, 0.1) is 22.8 Å². The highest BCUT2D eigenvalue weighted by molar-refractivity contribution is 7.07. The largest absolute Gasteiger partial charge is 0.486 e. The van der Waals surface area contributed by atoms with Crippen molar-refractivity contribution in [2.45, 2.75) is 32.2 Å². The van der Waals surface area contributed by atoms with Crippen LogP contribution in [-0.2, 0) is 17.9 Å². The van der Waals surface area contributed by atoms with Crippen molar-refractivity contribution in [2.75, 3.05) is 0 Å². The van der Waals surface area contributed by atoms with Gasteiger partial charge in [-0.05, 0) is 25.0 Å². The third-order valence-corrected chi connectivity index (χ3v) is 5.69. The molecule has 0 bridgehead atoms. The van der Waals surface area contributed by atoms with Gasteiger partial charge in [-0.15, -0.1) is 11.3 Å². The zero-order valence-corrected chi connectivity index (χ0v) is 16.0. The molecule has 4 rings (SSSR count). The molecule has 1 aliphatic carbocycles. The maximum absolute atomic E-state index is 13.0. The second-order valence-electron chi connectivity index (χ2n) is 6.70. The summed E-state index contributed by atoms with van der Waals surface area (Å²) in [6.45, 7) is 0.246. The number of aromatic nitrogens is 2. The molecule has 2 N–H and O–H groups in total. The third-order valence-electron chi connectivity index (χ3n) is 4.75. The molecule has 1 amide bonds. The molecule has 148 valence electrons. The van der Waals surface area contributed by atoms with Crippen LogP contribution in [0.1, 0.15) is 24.2 Å². The fourth-order valence-corrected chi connectivity index (χ4v) is 3.74. The zero-order valence-electron chi connectivity index (χ0n) is 14.4. The van der Waals surface area contributed by atoms with Gasteiger partial charge < -0.3 is 15.0 Å². The molecule has 28 heavy (non-hydrogen) atoms. The van der Waals surface area contributed by atoms with Gasteiger partial charge in [-0.2, -0.15) is 13.2 Å². The third kappa shape index (κ3) is 3.56. The minimum Gasteiger partial charge on any atom is -0.486 e. The number of hydrogen-bond acceptors (Lipinski definition) is 4. The number of nitrogens with zero attached hydrogens (tertiary/aromatic N) is 1. The second-order valence-corrected chi connectivity index (χ2v) is 7.82. The molecule has 10 heteroatoms. The Morgan fingerprint density at radius 1 is 1.36 bits per heavy atom. The van der Waals surface area contributed by atoms with Crippen molar-refractivity contribution in [3.05, 3.63) is 45.5 Å². The van der Waals surface area contributed by atoms with E-state index in [0.29, 0.717) is 22.0 Å². The van der Waals surface area contributed by atoms with E-state index < -0.39 is 17.5 Å². The summed E-state index contributed by atoms with van der Waals surface area (Å²) in [6, 6.07) is 5.15. The van der Waals surface area contributed by atoms with Gasteiger partial charge in [0.25, 0.3) is 0 Å². The number of carbonyl (C=O) groups is 1. The maximum atomic E-state index is 13.0. The molecule has 2 aromatic heterocycles. The number of H-pyrrole nitrogens is 1. The van der Waals surface area contributed by atoms with Gasteiger partial charge in [0.1, 0.15) is 17.8 Å². The van der Waals surface area contributed by atoms with Crippen molar-refractivity contribution in [2.24, 2.45) is 5.41 Å². The fraction of sp³-hybridized carbons (Fsp3) is 0.333. The molecular formula is C18H15ClF3N3O2S. The van der Waals surface area contributed by atoms with Gasteiger partial charge in [0, 0.05) is 28.0 Å². The Kier molecular flexibility index (Phi) is 4.75. The Labute approximate surface area is 166 Å². The Bertz CT molecular complexity index is 1010. The van der Waals surface area contributed by atoms with Crippen LogP contribution in [0.4, 0.5) is 13.2 Å². The van der Waals surface area contributed by atoms with E-state index in [4.69, 9.17) is 16.3 Å². The number of nitrogens with one attached hydrogen (secondary N) is 2. The Balaban J connectivity index is 1.45. The normalized spacial score (nSPS) is 15.6. The van der Waals surface area contributed by atoms with Crippen LogP contribution < -0.4 is 10.1 Å². The van der Waals surface area contributed by atoms with Crippen molar-refractivity contribution in [1.29, 1.82) is 0 Å². The molecule has 1 aliphatic rings. The van der Waals surface area contributed by atoms with E-state index in [9.17, 15) is 18.0 Å². The zero-order chi connectivity index (χ0) is 19.9. The molecular weight excluding hydrogens is 415 g/mol. The van der Waals surface area contributed by atoms with E-state index in [1.165, 1.54) is 11.3 Å². The van der Waals surface area contributed by atoms with Crippen molar-refractivity contribution < 1.29 is 22.7 Å². The monoisotopic (exact) mass is 429 g/mol. The molecule has 1 saturated carbocycles. The summed E-state index contributed by atoms with van der Waals surface area (Å²) < 4.78 is 44.7. The highest BCUT2D eigenvalue weighted by atomic mass is 35.5. The number of benzene rings is 1. The van der Waals surface area contributed by atoms with E-state index in [-0.39, 0.29) is 26.0 Å². The quantitative estimate of drug-likeness (QED) is 0.590. The first-order valence-electron chi connectivity index (χ1n) is 8.44. The average molecular weight is 430 g/mol. The van der Waals surface area contributed by atoms with E-state index in [1.54, 1.807) is 23.7 Å². The number of rotatable bonds is 6. The standard InChI is InChI=1S/C18H15ClF3N3O2S/c19-13-4-10-3-11(6-23-16(26)17(1-2-17)18(20,21)22)25-14(10)5-15(13)27-7-12-8-28-9-24-12/h3-5,8-9,25H,1-2,6-7H2,(H,23,26). The summed E-state index contributed by atoms with van der Waals surface area (Å²) in [4.78, 5) is 19.2. The van der Waals surface area contributed by atoms with Crippen LogP contribution >= 0.6 is 22.9 Å². The van der Waals surface area contributed by atoms with Gasteiger partial charge >= 0.3 is 6.18 Å². The SMILES string of the molecule is O=C(NCc1cc2cc(Cl)c(OCc3cscn3)cc2[nH]1)C1(C(F)(F)F)CC1. The average Bonchev–Trinajstić information content (AvgIpc) is 3.14. The molecule has 0 unspecified atom stereocenters. The lowest BCUT2D eigenvalue weighted by Crippen LogP contribution is -2.40. The van der Waals surface area contributed by atoms with Crippen LogP contribution in [0, 0.1) is 5.41 Å². The van der Waals surface area contributed by atoms with Crippen LogP contribution in [0.25, 0.3) is 10.9 Å². The van der Waals surface area contributed by atoms with E-state index >= 15 is 0 Å². The van der Waals surface area contributed by atoms with Gasteiger partial charge in [-0.3, -0.25) is 4.79 Å². The first-order chi connectivity index (χ1) is 13.3. The predicted octanol–water partition coefficient (Wildman–Crippen LogP) is 4.82. The maximum Gasteiger partial charge on any atom is 0.403 e. The molecule has 1 aromatic carbocycles. The highest BCUT2D eigenvalue weighted by Gasteiger charge is 2.68. The minimum atomic E-state index is -4.52. The van der Waals surface area contributed by atoms with Gasteiger partial charge in [-0.1, -0.05) is 11.6 Å². The van der Waals surface area contributed by atoms with Crippen molar-refractivity contribution in [3.8, 4) is 5.75 Å². The number of amides is 1. The molecule has 2 heterocycles. The van der Waals surface area contributed by atoms with Gasteiger partial charge in [0.15, 0.2) is 0 Å². The number of aromatic amines is 1. The van der Waals surface area contributed by atoms with Crippen LogP contribution in [0.15, 0.2) is 29.1 Å². The Hall–Kier alpha value is -2.26. The van der Waals surface area contributed by atoms with Crippen LogP contribution in [-0.4, -0.2) is 22.1 Å². The summed E-state index contributed by atoms with van der Waals surface area (Å²) in [7, 11) is 0.